The van der Waals surface area contributed by atoms with Crippen molar-refractivity contribution in [1.29, 1.82) is 0 Å². The number of hydrogen-bond donors (Lipinski definition) is 3. The van der Waals surface area contributed by atoms with Crippen molar-refractivity contribution in [3.05, 3.63) is 114 Å². The average Bonchev–Trinajstić information content (AvgIpc) is 3.54. The van der Waals surface area contributed by atoms with Crippen LogP contribution in [-0.4, -0.2) is 48.9 Å². The smallest absolute Gasteiger partial charge is 0.322 e. The second-order valence-electron chi connectivity index (χ2n) is 9.36. The predicted molar refractivity (Wildman–Crippen MR) is 150 cm³/mol. The van der Waals surface area contributed by atoms with E-state index < -0.39 is 23.7 Å². The number of amides is 4. The number of anilines is 3. The first kappa shape index (κ1) is 27.4. The molecule has 3 aromatic carbocycles. The Balaban J connectivity index is 1.31. The summed E-state index contributed by atoms with van der Waals surface area (Å²) in [6.45, 7) is 1.69. The molecule has 0 saturated carbocycles. The fourth-order valence-corrected chi connectivity index (χ4v) is 4.46. The van der Waals surface area contributed by atoms with E-state index in [1.165, 1.54) is 36.6 Å². The number of nitrogens with zero attached hydrogens (tertiary/aromatic N) is 2. The Labute approximate surface area is 234 Å². The van der Waals surface area contributed by atoms with Crippen LogP contribution >= 0.6 is 0 Å². The molecule has 5 rings (SSSR count). The molecule has 0 spiro atoms. The Kier molecular flexibility index (Phi) is 8.23. The molecule has 3 N–H and O–H groups in total. The standard InChI is InChI=1S/C30H27F2N5O4/c31-21-9-7-20(8-10-21)19-33-28(38)23-18-22(34-29(39)27-6-3-17-41-27)11-12-26(23)36-13-15-37(16-14-36)30(40)35-25-5-2-1-4-24(25)32/h1-12,17-18H,13-16,19H2,(H,33,38)(H,34,39)(H,35,40). The van der Waals surface area contributed by atoms with E-state index in [4.69, 9.17) is 4.42 Å². The van der Waals surface area contributed by atoms with Crippen molar-refractivity contribution in [2.75, 3.05) is 41.7 Å². The first-order valence-electron chi connectivity index (χ1n) is 12.9. The minimum Gasteiger partial charge on any atom is -0.459 e. The Morgan fingerprint density at radius 1 is 0.805 bits per heavy atom. The Bertz CT molecular complexity index is 1530. The molecular weight excluding hydrogens is 532 g/mol. The summed E-state index contributed by atoms with van der Waals surface area (Å²) in [5.74, 6) is -1.62. The van der Waals surface area contributed by atoms with Crippen LogP contribution in [0.1, 0.15) is 26.5 Å². The van der Waals surface area contributed by atoms with Crippen LogP contribution in [0.25, 0.3) is 0 Å². The highest BCUT2D eigenvalue weighted by molar-refractivity contribution is 6.05. The number of piperazine rings is 1. The van der Waals surface area contributed by atoms with Gasteiger partial charge in [0, 0.05) is 44.1 Å². The zero-order valence-corrected chi connectivity index (χ0v) is 21.9. The van der Waals surface area contributed by atoms with Crippen molar-refractivity contribution in [2.45, 2.75) is 6.54 Å². The molecule has 1 fully saturated rings. The summed E-state index contributed by atoms with van der Waals surface area (Å²) in [7, 11) is 0. The van der Waals surface area contributed by atoms with E-state index in [1.54, 1.807) is 53.4 Å². The van der Waals surface area contributed by atoms with Crippen LogP contribution < -0.4 is 20.9 Å². The third kappa shape index (κ3) is 6.70. The molecule has 41 heavy (non-hydrogen) atoms. The third-order valence-corrected chi connectivity index (χ3v) is 6.63. The molecule has 0 bridgehead atoms. The number of carbonyl (C=O) groups is 3. The highest BCUT2D eigenvalue weighted by atomic mass is 19.1. The number of nitrogens with one attached hydrogen (secondary N) is 3. The molecule has 0 unspecified atom stereocenters. The molecule has 9 nitrogen and oxygen atoms in total. The summed E-state index contributed by atoms with van der Waals surface area (Å²) >= 11 is 0. The SMILES string of the molecule is O=C(Nc1ccc(N2CCN(C(=O)Nc3ccccc3F)CC2)c(C(=O)NCc2ccc(F)cc2)c1)c1ccco1. The van der Waals surface area contributed by atoms with E-state index in [0.29, 0.717) is 43.1 Å². The molecule has 0 aliphatic carbocycles. The van der Waals surface area contributed by atoms with Gasteiger partial charge in [-0.25, -0.2) is 13.6 Å². The lowest BCUT2D eigenvalue weighted by atomic mass is 10.1. The van der Waals surface area contributed by atoms with Crippen LogP contribution in [0.5, 0.6) is 0 Å². The van der Waals surface area contributed by atoms with Crippen molar-refractivity contribution in [3.8, 4) is 0 Å². The number of para-hydroxylation sites is 1. The third-order valence-electron chi connectivity index (χ3n) is 6.63. The first-order valence-corrected chi connectivity index (χ1v) is 12.9. The van der Waals surface area contributed by atoms with Crippen LogP contribution in [0.3, 0.4) is 0 Å². The molecular formula is C30H27F2N5O4. The first-order chi connectivity index (χ1) is 19.9. The molecule has 1 aliphatic rings. The predicted octanol–water partition coefficient (Wildman–Crippen LogP) is 5.09. The summed E-state index contributed by atoms with van der Waals surface area (Å²) in [5, 5.41) is 8.18. The maximum absolute atomic E-state index is 14.0. The van der Waals surface area contributed by atoms with Gasteiger partial charge in [-0.3, -0.25) is 9.59 Å². The maximum atomic E-state index is 14.0. The number of halogens is 2. The molecule has 0 radical (unpaired) electrons. The number of furan rings is 1. The van der Waals surface area contributed by atoms with Crippen LogP contribution in [0, 0.1) is 11.6 Å². The number of carbonyl (C=O) groups excluding carboxylic acids is 3. The second kappa shape index (κ2) is 12.3. The largest absolute Gasteiger partial charge is 0.459 e. The van der Waals surface area contributed by atoms with E-state index in [2.05, 4.69) is 16.0 Å². The maximum Gasteiger partial charge on any atom is 0.322 e. The molecule has 4 aromatic rings. The van der Waals surface area contributed by atoms with Crippen molar-refractivity contribution in [1.82, 2.24) is 10.2 Å². The van der Waals surface area contributed by atoms with Gasteiger partial charge in [0.2, 0.25) is 0 Å². The van der Waals surface area contributed by atoms with Gasteiger partial charge in [-0.2, -0.15) is 0 Å². The van der Waals surface area contributed by atoms with E-state index in [1.807, 2.05) is 4.90 Å². The van der Waals surface area contributed by atoms with Gasteiger partial charge in [0.05, 0.1) is 17.5 Å². The number of hydrogen-bond acceptors (Lipinski definition) is 5. The fourth-order valence-electron chi connectivity index (χ4n) is 4.46. The van der Waals surface area contributed by atoms with Crippen molar-refractivity contribution in [3.63, 3.8) is 0 Å². The van der Waals surface area contributed by atoms with Crippen LogP contribution in [0.4, 0.5) is 30.6 Å². The Morgan fingerprint density at radius 2 is 1.56 bits per heavy atom. The highest BCUT2D eigenvalue weighted by Gasteiger charge is 2.25. The second-order valence-corrected chi connectivity index (χ2v) is 9.36. The lowest BCUT2D eigenvalue weighted by Gasteiger charge is -2.37. The van der Waals surface area contributed by atoms with Crippen molar-refractivity contribution in [2.24, 2.45) is 0 Å². The molecule has 2 heterocycles. The molecule has 210 valence electrons. The summed E-state index contributed by atoms with van der Waals surface area (Å²) < 4.78 is 32.4. The van der Waals surface area contributed by atoms with Gasteiger partial charge >= 0.3 is 6.03 Å². The summed E-state index contributed by atoms with van der Waals surface area (Å²) in [4.78, 5) is 42.2. The zero-order chi connectivity index (χ0) is 28.8. The van der Waals surface area contributed by atoms with Crippen LogP contribution in [-0.2, 0) is 6.54 Å². The van der Waals surface area contributed by atoms with Crippen molar-refractivity contribution < 1.29 is 27.6 Å². The Morgan fingerprint density at radius 3 is 2.27 bits per heavy atom. The molecule has 11 heteroatoms. The minimum absolute atomic E-state index is 0.104. The number of benzene rings is 3. The van der Waals surface area contributed by atoms with E-state index >= 15 is 0 Å². The van der Waals surface area contributed by atoms with Gasteiger partial charge < -0.3 is 30.2 Å². The quantitative estimate of drug-likeness (QED) is 0.292. The van der Waals surface area contributed by atoms with Gasteiger partial charge in [-0.15, -0.1) is 0 Å². The number of rotatable bonds is 7. The van der Waals surface area contributed by atoms with E-state index in [9.17, 15) is 23.2 Å². The van der Waals surface area contributed by atoms with Gasteiger partial charge in [0.25, 0.3) is 11.8 Å². The van der Waals surface area contributed by atoms with Crippen LogP contribution in [0.2, 0.25) is 0 Å². The van der Waals surface area contributed by atoms with Gasteiger partial charge in [-0.1, -0.05) is 24.3 Å². The Hall–Kier alpha value is -5.19. The monoisotopic (exact) mass is 559 g/mol. The summed E-state index contributed by atoms with van der Waals surface area (Å²) in [5.41, 5.74) is 2.15. The topological polar surface area (TPSA) is 107 Å². The molecule has 0 atom stereocenters. The molecule has 4 amide bonds. The van der Waals surface area contributed by atoms with Gasteiger partial charge in [-0.05, 0) is 60.2 Å². The minimum atomic E-state index is -0.519. The van der Waals surface area contributed by atoms with Crippen LogP contribution in [0.15, 0.2) is 89.5 Å². The lowest BCUT2D eigenvalue weighted by Crippen LogP contribution is -2.50. The number of urea groups is 1. The fraction of sp³-hybridized carbons (Fsp3) is 0.167. The zero-order valence-electron chi connectivity index (χ0n) is 21.9. The molecule has 1 saturated heterocycles. The molecule has 1 aliphatic heterocycles. The van der Waals surface area contributed by atoms with Gasteiger partial charge in [0.15, 0.2) is 5.76 Å². The van der Waals surface area contributed by atoms with E-state index in [-0.39, 0.29) is 23.8 Å². The summed E-state index contributed by atoms with van der Waals surface area (Å²) in [6, 6.07) is 19.5. The highest BCUT2D eigenvalue weighted by Crippen LogP contribution is 2.27. The van der Waals surface area contributed by atoms with E-state index in [0.717, 1.165) is 5.56 Å². The molecule has 1 aromatic heterocycles. The normalized spacial score (nSPS) is 13.0. The lowest BCUT2D eigenvalue weighted by molar-refractivity contribution is 0.0949. The van der Waals surface area contributed by atoms with Gasteiger partial charge in [0.1, 0.15) is 11.6 Å². The average molecular weight is 560 g/mol. The summed E-state index contributed by atoms with van der Waals surface area (Å²) in [6.07, 6.45) is 1.39. The van der Waals surface area contributed by atoms with Crippen molar-refractivity contribution >= 4 is 34.9 Å².